The number of thioether (sulfide) groups is 1. The van der Waals surface area contributed by atoms with Crippen molar-refractivity contribution < 1.29 is 9.59 Å². The lowest BCUT2D eigenvalue weighted by molar-refractivity contribution is -0.113. The number of rotatable bonds is 9. The average Bonchev–Trinajstić information content (AvgIpc) is 3.17. The monoisotopic (exact) mass is 449 g/mol. The van der Waals surface area contributed by atoms with E-state index in [-0.39, 0.29) is 23.6 Å². The Bertz CT molecular complexity index is 1110. The zero-order valence-electron chi connectivity index (χ0n) is 18.5. The van der Waals surface area contributed by atoms with Crippen molar-refractivity contribution in [3.8, 4) is 0 Å². The molecule has 3 rings (SSSR count). The minimum absolute atomic E-state index is 0.125. The minimum atomic E-state index is -0.369. The summed E-state index contributed by atoms with van der Waals surface area (Å²) in [5.74, 6) is 0.484. The summed E-state index contributed by atoms with van der Waals surface area (Å²) in [4.78, 5) is 25.0. The number of allylic oxidation sites excluding steroid dienone is 1. The van der Waals surface area contributed by atoms with Gasteiger partial charge in [-0.15, -0.1) is 16.8 Å². The average molecular weight is 450 g/mol. The molecule has 0 fully saturated rings. The summed E-state index contributed by atoms with van der Waals surface area (Å²) in [5, 5.41) is 15.0. The second kappa shape index (κ2) is 10.8. The smallest absolute Gasteiger partial charge is 0.251 e. The Labute approximate surface area is 192 Å². The molecule has 2 N–H and O–H groups in total. The molecule has 2 amide bonds. The van der Waals surface area contributed by atoms with E-state index in [1.807, 2.05) is 61.7 Å². The van der Waals surface area contributed by atoms with Crippen molar-refractivity contribution >= 4 is 29.3 Å². The van der Waals surface area contributed by atoms with Crippen LogP contribution >= 0.6 is 11.8 Å². The summed E-state index contributed by atoms with van der Waals surface area (Å²) in [5.41, 5.74) is 3.47. The quantitative estimate of drug-likeness (QED) is 0.376. The number of aryl methyl sites for hydroxylation is 2. The van der Waals surface area contributed by atoms with E-state index < -0.39 is 0 Å². The Balaban J connectivity index is 1.66. The van der Waals surface area contributed by atoms with Gasteiger partial charge in [-0.3, -0.25) is 9.59 Å². The third-order valence-electron chi connectivity index (χ3n) is 4.86. The standard InChI is InChI=1S/C24H27N5O2S/c1-5-14-29-22(18(4)25-23(31)19-12-10-16(2)11-13-19)27-28-24(29)32-15-21(30)26-20-9-7-6-8-17(20)3/h5-13,18H,1,14-15H2,2-4H3,(H,25,31)(H,26,30)/t18-/m0/s1. The first-order valence-corrected chi connectivity index (χ1v) is 11.3. The summed E-state index contributed by atoms with van der Waals surface area (Å²) in [6, 6.07) is 14.6. The third kappa shape index (κ3) is 5.85. The molecule has 0 saturated heterocycles. The second-order valence-corrected chi connectivity index (χ2v) is 8.40. The van der Waals surface area contributed by atoms with E-state index in [0.29, 0.717) is 23.1 Å². The first-order chi connectivity index (χ1) is 15.4. The fourth-order valence-corrected chi connectivity index (χ4v) is 3.86. The predicted molar refractivity (Wildman–Crippen MR) is 128 cm³/mol. The Hall–Kier alpha value is -3.39. The number of nitrogens with zero attached hydrogens (tertiary/aromatic N) is 3. The van der Waals surface area contributed by atoms with Crippen LogP contribution in [0.5, 0.6) is 0 Å². The lowest BCUT2D eigenvalue weighted by atomic mass is 10.1. The molecule has 0 spiro atoms. The summed E-state index contributed by atoms with van der Waals surface area (Å²) >= 11 is 1.29. The SMILES string of the molecule is C=CCn1c(SCC(=O)Nc2ccccc2C)nnc1[C@H](C)NC(=O)c1ccc(C)cc1. The van der Waals surface area contributed by atoms with Crippen LogP contribution in [0.25, 0.3) is 0 Å². The maximum absolute atomic E-state index is 12.6. The normalized spacial score (nSPS) is 11.6. The number of para-hydroxylation sites is 1. The van der Waals surface area contributed by atoms with E-state index >= 15 is 0 Å². The van der Waals surface area contributed by atoms with E-state index in [1.165, 1.54) is 11.8 Å². The highest BCUT2D eigenvalue weighted by atomic mass is 32.2. The summed E-state index contributed by atoms with van der Waals surface area (Å²) in [6.07, 6.45) is 1.73. The molecule has 0 unspecified atom stereocenters. The van der Waals surface area contributed by atoms with Crippen LogP contribution in [0, 0.1) is 13.8 Å². The summed E-state index contributed by atoms with van der Waals surface area (Å²) in [7, 11) is 0. The van der Waals surface area contributed by atoms with Crippen LogP contribution in [-0.2, 0) is 11.3 Å². The van der Waals surface area contributed by atoms with Gasteiger partial charge >= 0.3 is 0 Å². The molecule has 166 valence electrons. The second-order valence-electron chi connectivity index (χ2n) is 7.45. The zero-order valence-corrected chi connectivity index (χ0v) is 19.3. The van der Waals surface area contributed by atoms with Crippen molar-refractivity contribution in [2.45, 2.75) is 38.5 Å². The molecule has 7 nitrogen and oxygen atoms in total. The molecule has 0 aliphatic rings. The minimum Gasteiger partial charge on any atom is -0.342 e. The maximum atomic E-state index is 12.6. The number of carbonyl (C=O) groups is 2. The number of nitrogens with one attached hydrogen (secondary N) is 2. The molecular formula is C24H27N5O2S. The molecule has 0 aliphatic carbocycles. The van der Waals surface area contributed by atoms with Crippen molar-refractivity contribution in [2.75, 3.05) is 11.1 Å². The van der Waals surface area contributed by atoms with Crippen molar-refractivity contribution in [1.82, 2.24) is 20.1 Å². The number of anilines is 1. The van der Waals surface area contributed by atoms with Crippen LogP contribution in [0.15, 0.2) is 66.3 Å². The molecule has 2 aromatic carbocycles. The van der Waals surface area contributed by atoms with Crippen LogP contribution in [-0.4, -0.2) is 32.3 Å². The Morgan fingerprint density at radius 1 is 1.12 bits per heavy atom. The Kier molecular flexibility index (Phi) is 7.83. The fourth-order valence-electron chi connectivity index (χ4n) is 3.11. The number of hydrogen-bond acceptors (Lipinski definition) is 5. The molecule has 0 saturated carbocycles. The largest absolute Gasteiger partial charge is 0.342 e. The van der Waals surface area contributed by atoms with Crippen molar-refractivity contribution in [1.29, 1.82) is 0 Å². The van der Waals surface area contributed by atoms with E-state index in [1.54, 1.807) is 18.2 Å². The van der Waals surface area contributed by atoms with Gasteiger partial charge in [0.1, 0.15) is 0 Å². The highest BCUT2D eigenvalue weighted by molar-refractivity contribution is 7.99. The first-order valence-electron chi connectivity index (χ1n) is 10.3. The summed E-state index contributed by atoms with van der Waals surface area (Å²) < 4.78 is 1.86. The van der Waals surface area contributed by atoms with Gasteiger partial charge in [-0.25, -0.2) is 0 Å². The molecule has 1 heterocycles. The van der Waals surface area contributed by atoms with Crippen molar-refractivity contribution in [2.24, 2.45) is 0 Å². The van der Waals surface area contributed by atoms with Gasteiger partial charge < -0.3 is 15.2 Å². The number of carbonyl (C=O) groups excluding carboxylic acids is 2. The molecule has 32 heavy (non-hydrogen) atoms. The lowest BCUT2D eigenvalue weighted by Gasteiger charge is -2.15. The van der Waals surface area contributed by atoms with Gasteiger partial charge in [-0.2, -0.15) is 0 Å². The zero-order chi connectivity index (χ0) is 23.1. The maximum Gasteiger partial charge on any atom is 0.251 e. The van der Waals surface area contributed by atoms with Gasteiger partial charge in [0.15, 0.2) is 11.0 Å². The van der Waals surface area contributed by atoms with Gasteiger partial charge in [0.25, 0.3) is 5.91 Å². The molecule has 0 radical (unpaired) electrons. The lowest BCUT2D eigenvalue weighted by Crippen LogP contribution is -2.28. The topological polar surface area (TPSA) is 88.9 Å². The number of aromatic nitrogens is 3. The molecular weight excluding hydrogens is 422 g/mol. The number of amides is 2. The highest BCUT2D eigenvalue weighted by Gasteiger charge is 2.20. The molecule has 3 aromatic rings. The van der Waals surface area contributed by atoms with Gasteiger partial charge in [-0.1, -0.05) is 53.7 Å². The van der Waals surface area contributed by atoms with E-state index in [4.69, 9.17) is 0 Å². The first kappa shape index (κ1) is 23.3. The Morgan fingerprint density at radius 3 is 2.53 bits per heavy atom. The van der Waals surface area contributed by atoms with Gasteiger partial charge in [0, 0.05) is 17.8 Å². The van der Waals surface area contributed by atoms with Gasteiger partial charge in [0.2, 0.25) is 5.91 Å². The number of hydrogen-bond donors (Lipinski definition) is 2. The summed E-state index contributed by atoms with van der Waals surface area (Å²) in [6.45, 7) is 10.0. The highest BCUT2D eigenvalue weighted by Crippen LogP contribution is 2.22. The molecule has 1 aromatic heterocycles. The van der Waals surface area contributed by atoms with Crippen LogP contribution in [0.3, 0.4) is 0 Å². The van der Waals surface area contributed by atoms with Crippen LogP contribution in [0.4, 0.5) is 5.69 Å². The number of benzene rings is 2. The van der Waals surface area contributed by atoms with E-state index in [2.05, 4.69) is 27.4 Å². The van der Waals surface area contributed by atoms with Crippen molar-refractivity contribution in [3.05, 3.63) is 83.7 Å². The van der Waals surface area contributed by atoms with Crippen LogP contribution < -0.4 is 10.6 Å². The third-order valence-corrected chi connectivity index (χ3v) is 5.82. The predicted octanol–water partition coefficient (Wildman–Crippen LogP) is 4.30. The molecule has 0 aliphatic heterocycles. The molecule has 0 bridgehead atoms. The van der Waals surface area contributed by atoms with Gasteiger partial charge in [-0.05, 0) is 44.5 Å². The molecule has 8 heteroatoms. The Morgan fingerprint density at radius 2 is 1.84 bits per heavy atom. The van der Waals surface area contributed by atoms with Crippen molar-refractivity contribution in [3.63, 3.8) is 0 Å². The van der Waals surface area contributed by atoms with E-state index in [0.717, 1.165) is 16.8 Å². The van der Waals surface area contributed by atoms with Gasteiger partial charge in [0.05, 0.1) is 11.8 Å². The van der Waals surface area contributed by atoms with Crippen LogP contribution in [0.2, 0.25) is 0 Å². The van der Waals surface area contributed by atoms with E-state index in [9.17, 15) is 9.59 Å². The molecule has 1 atom stereocenters. The fraction of sp³-hybridized carbons (Fsp3) is 0.250. The van der Waals surface area contributed by atoms with Crippen LogP contribution in [0.1, 0.15) is 40.3 Å².